The largest absolute Gasteiger partial charge is 0.454 e. The number of carbonyl (C=O) groups is 2. The minimum absolute atomic E-state index is 0.00599. The van der Waals surface area contributed by atoms with Gasteiger partial charge >= 0.3 is 0 Å². The van der Waals surface area contributed by atoms with Crippen LogP contribution in [0.15, 0.2) is 52.2 Å². The van der Waals surface area contributed by atoms with Crippen LogP contribution < -0.4 is 14.4 Å². The molecule has 0 spiro atoms. The van der Waals surface area contributed by atoms with Crippen molar-refractivity contribution in [3.8, 4) is 11.5 Å². The first-order valence-corrected chi connectivity index (χ1v) is 12.7. The zero-order chi connectivity index (χ0) is 23.5. The summed E-state index contributed by atoms with van der Waals surface area (Å²) in [6.07, 6.45) is 0.215. The molecule has 2 aliphatic heterocycles. The van der Waals surface area contributed by atoms with Crippen molar-refractivity contribution in [3.63, 3.8) is 0 Å². The van der Waals surface area contributed by atoms with Crippen molar-refractivity contribution >= 4 is 40.5 Å². The SMILES string of the molecule is O=C(CSc1nc(CC(=O)N2CCN(c3ccccc3F)CC2)cs1)c1ccc2c(c1)OCO2. The van der Waals surface area contributed by atoms with Crippen LogP contribution in [0.25, 0.3) is 0 Å². The van der Waals surface area contributed by atoms with Gasteiger partial charge in [-0.25, -0.2) is 9.37 Å². The molecule has 10 heteroatoms. The number of Topliss-reactive ketones (excluding diaryl/α,β-unsaturated/α-hetero) is 1. The van der Waals surface area contributed by atoms with Crippen molar-refractivity contribution in [1.29, 1.82) is 0 Å². The molecule has 1 fully saturated rings. The number of amides is 1. The zero-order valence-corrected chi connectivity index (χ0v) is 19.9. The first kappa shape index (κ1) is 22.7. The van der Waals surface area contributed by atoms with Crippen LogP contribution in [0.2, 0.25) is 0 Å². The Balaban J connectivity index is 1.10. The predicted octanol–water partition coefficient (Wildman–Crippen LogP) is 3.88. The normalized spacial score (nSPS) is 15.0. The first-order valence-electron chi connectivity index (χ1n) is 10.8. The van der Waals surface area contributed by atoms with Crippen molar-refractivity contribution < 1.29 is 23.5 Å². The molecular formula is C24H22FN3O4S2. The Morgan fingerprint density at radius 2 is 1.85 bits per heavy atom. The van der Waals surface area contributed by atoms with Crippen LogP contribution in [0, 0.1) is 5.82 Å². The fourth-order valence-electron chi connectivity index (χ4n) is 3.89. The zero-order valence-electron chi connectivity index (χ0n) is 18.2. The molecule has 0 N–H and O–H groups in total. The van der Waals surface area contributed by atoms with Crippen molar-refractivity contribution in [3.05, 3.63) is 64.9 Å². The number of fused-ring (bicyclic) bond motifs is 1. The Morgan fingerprint density at radius 1 is 1.06 bits per heavy atom. The molecular weight excluding hydrogens is 477 g/mol. The molecule has 176 valence electrons. The van der Waals surface area contributed by atoms with E-state index in [0.29, 0.717) is 54.6 Å². The lowest BCUT2D eigenvalue weighted by Crippen LogP contribution is -2.49. The van der Waals surface area contributed by atoms with E-state index in [9.17, 15) is 14.0 Å². The fourth-order valence-corrected chi connectivity index (χ4v) is 5.63. The minimum atomic E-state index is -0.244. The topological polar surface area (TPSA) is 72.0 Å². The molecule has 0 unspecified atom stereocenters. The summed E-state index contributed by atoms with van der Waals surface area (Å²) in [4.78, 5) is 33.6. The van der Waals surface area contributed by atoms with Gasteiger partial charge in [0.15, 0.2) is 21.6 Å². The number of ether oxygens (including phenoxy) is 2. The van der Waals surface area contributed by atoms with Gasteiger partial charge in [-0.1, -0.05) is 23.9 Å². The molecule has 0 aliphatic carbocycles. The lowest BCUT2D eigenvalue weighted by Gasteiger charge is -2.36. The van der Waals surface area contributed by atoms with Gasteiger partial charge in [0.25, 0.3) is 0 Å². The molecule has 0 bridgehead atoms. The lowest BCUT2D eigenvalue weighted by molar-refractivity contribution is -0.130. The molecule has 34 heavy (non-hydrogen) atoms. The van der Waals surface area contributed by atoms with E-state index in [1.165, 1.54) is 29.2 Å². The second-order valence-electron chi connectivity index (χ2n) is 7.88. The molecule has 1 amide bonds. The number of piperazine rings is 1. The van der Waals surface area contributed by atoms with Crippen molar-refractivity contribution in [2.75, 3.05) is 43.6 Å². The molecule has 1 saturated heterocycles. The quantitative estimate of drug-likeness (QED) is 0.361. The van der Waals surface area contributed by atoms with Gasteiger partial charge in [-0.2, -0.15) is 0 Å². The third-order valence-corrected chi connectivity index (χ3v) is 7.78. The number of hydrogen-bond acceptors (Lipinski definition) is 8. The summed E-state index contributed by atoms with van der Waals surface area (Å²) in [6.45, 7) is 2.44. The van der Waals surface area contributed by atoms with Crippen LogP contribution >= 0.6 is 23.1 Å². The number of rotatable bonds is 7. The molecule has 0 saturated carbocycles. The van der Waals surface area contributed by atoms with E-state index in [1.807, 2.05) is 16.3 Å². The van der Waals surface area contributed by atoms with E-state index in [4.69, 9.17) is 9.47 Å². The van der Waals surface area contributed by atoms with Crippen molar-refractivity contribution in [2.24, 2.45) is 0 Å². The Hall–Kier alpha value is -3.11. The number of ketones is 1. The van der Waals surface area contributed by atoms with Crippen LogP contribution in [-0.2, 0) is 11.2 Å². The number of aromatic nitrogens is 1. The Bertz CT molecular complexity index is 1210. The predicted molar refractivity (Wildman–Crippen MR) is 129 cm³/mol. The maximum absolute atomic E-state index is 14.0. The average molecular weight is 500 g/mol. The van der Waals surface area contributed by atoms with Gasteiger partial charge in [-0.3, -0.25) is 9.59 Å². The number of carbonyl (C=O) groups excluding carboxylic acids is 2. The monoisotopic (exact) mass is 499 g/mol. The summed E-state index contributed by atoms with van der Waals surface area (Å²) in [5.74, 6) is 1.22. The summed E-state index contributed by atoms with van der Waals surface area (Å²) >= 11 is 2.79. The summed E-state index contributed by atoms with van der Waals surface area (Å²) in [7, 11) is 0. The number of benzene rings is 2. The molecule has 3 heterocycles. The summed E-state index contributed by atoms with van der Waals surface area (Å²) in [5, 5.41) is 1.86. The van der Waals surface area contributed by atoms with Gasteiger partial charge in [0.1, 0.15) is 5.82 Å². The number of thiazole rings is 1. The molecule has 0 atom stereocenters. The van der Waals surface area contributed by atoms with Gasteiger partial charge in [-0.05, 0) is 30.3 Å². The van der Waals surface area contributed by atoms with E-state index >= 15 is 0 Å². The standard InChI is InChI=1S/C24H22FN3O4S2/c25-18-3-1-2-4-19(18)27-7-9-28(10-8-27)23(30)12-17-13-33-24(26-17)34-14-20(29)16-5-6-21-22(11-16)32-15-31-21/h1-6,11,13H,7-10,12,14-15H2. The highest BCUT2D eigenvalue weighted by Gasteiger charge is 2.23. The molecule has 2 aliphatic rings. The Labute approximate surface area is 204 Å². The van der Waals surface area contributed by atoms with Gasteiger partial charge < -0.3 is 19.3 Å². The van der Waals surface area contributed by atoms with Gasteiger partial charge in [0.2, 0.25) is 12.7 Å². The maximum atomic E-state index is 14.0. The van der Waals surface area contributed by atoms with Crippen LogP contribution in [0.3, 0.4) is 0 Å². The second-order valence-corrected chi connectivity index (χ2v) is 9.96. The first-order chi connectivity index (χ1) is 16.6. The number of anilines is 1. The smallest absolute Gasteiger partial charge is 0.231 e. The Kier molecular flexibility index (Phi) is 6.68. The van der Waals surface area contributed by atoms with E-state index < -0.39 is 0 Å². The van der Waals surface area contributed by atoms with Crippen LogP contribution in [-0.4, -0.2) is 60.3 Å². The average Bonchev–Trinajstić information content (AvgIpc) is 3.51. The second kappa shape index (κ2) is 10.0. The lowest BCUT2D eigenvalue weighted by atomic mass is 10.1. The van der Waals surface area contributed by atoms with Crippen LogP contribution in [0.1, 0.15) is 16.1 Å². The van der Waals surface area contributed by atoms with Crippen LogP contribution in [0.5, 0.6) is 11.5 Å². The molecule has 3 aromatic rings. The van der Waals surface area contributed by atoms with Crippen LogP contribution in [0.4, 0.5) is 10.1 Å². The molecule has 7 nitrogen and oxygen atoms in total. The maximum Gasteiger partial charge on any atom is 0.231 e. The third-order valence-electron chi connectivity index (χ3n) is 5.71. The van der Waals surface area contributed by atoms with Gasteiger partial charge in [0, 0.05) is 37.1 Å². The highest BCUT2D eigenvalue weighted by atomic mass is 32.2. The highest BCUT2D eigenvalue weighted by molar-refractivity contribution is 8.01. The summed E-state index contributed by atoms with van der Waals surface area (Å²) < 4.78 is 25.4. The van der Waals surface area contributed by atoms with E-state index in [0.717, 1.165) is 4.34 Å². The summed E-state index contributed by atoms with van der Waals surface area (Å²) in [5.41, 5.74) is 1.84. The van der Waals surface area contributed by atoms with Gasteiger partial charge in [-0.15, -0.1) is 11.3 Å². The molecule has 2 aromatic carbocycles. The van der Waals surface area contributed by atoms with Gasteiger partial charge in [0.05, 0.1) is 23.6 Å². The van der Waals surface area contributed by atoms with E-state index in [-0.39, 0.29) is 36.5 Å². The number of nitrogens with zero attached hydrogens (tertiary/aromatic N) is 3. The number of halogens is 1. The highest BCUT2D eigenvalue weighted by Crippen LogP contribution is 2.33. The van der Waals surface area contributed by atoms with Crippen molar-refractivity contribution in [2.45, 2.75) is 10.8 Å². The molecule has 5 rings (SSSR count). The molecule has 0 radical (unpaired) electrons. The summed E-state index contributed by atoms with van der Waals surface area (Å²) in [6, 6.07) is 11.9. The van der Waals surface area contributed by atoms with E-state index in [2.05, 4.69) is 4.98 Å². The Morgan fingerprint density at radius 3 is 2.68 bits per heavy atom. The number of hydrogen-bond donors (Lipinski definition) is 0. The minimum Gasteiger partial charge on any atom is -0.454 e. The van der Waals surface area contributed by atoms with E-state index in [1.54, 1.807) is 35.2 Å². The number of para-hydroxylation sites is 1. The van der Waals surface area contributed by atoms with Crippen molar-refractivity contribution in [1.82, 2.24) is 9.88 Å². The fraction of sp³-hybridized carbons (Fsp3) is 0.292. The third kappa shape index (κ3) is 5.02. The molecule has 1 aromatic heterocycles. The number of thioether (sulfide) groups is 1.